The predicted octanol–water partition coefficient (Wildman–Crippen LogP) is 2.89. The lowest BCUT2D eigenvalue weighted by Crippen LogP contribution is -2.24. The fourth-order valence-electron chi connectivity index (χ4n) is 4.46. The molecule has 0 N–H and O–H groups in total. The lowest BCUT2D eigenvalue weighted by Gasteiger charge is -2.15. The van der Waals surface area contributed by atoms with Crippen LogP contribution in [0.4, 0.5) is 4.39 Å². The lowest BCUT2D eigenvalue weighted by molar-refractivity contribution is 0.0490. The van der Waals surface area contributed by atoms with Gasteiger partial charge in [0.25, 0.3) is 0 Å². The van der Waals surface area contributed by atoms with Crippen molar-refractivity contribution in [1.29, 1.82) is 0 Å². The maximum Gasteiger partial charge on any atom is 0.341 e. The van der Waals surface area contributed by atoms with Crippen LogP contribution in [0.15, 0.2) is 36.7 Å². The quantitative estimate of drug-likeness (QED) is 0.364. The monoisotopic (exact) mass is 421 g/mol. The van der Waals surface area contributed by atoms with E-state index in [-0.39, 0.29) is 40.2 Å². The Morgan fingerprint density at radius 3 is 2.74 bits per heavy atom. The number of nitrogens with zero attached hydrogens (tertiary/aromatic N) is 3. The number of aromatic nitrogens is 2. The van der Waals surface area contributed by atoms with Crippen LogP contribution in [0.3, 0.4) is 0 Å². The molecule has 0 atom stereocenters. The van der Waals surface area contributed by atoms with Crippen molar-refractivity contribution in [2.75, 3.05) is 26.2 Å². The second-order valence-electron chi connectivity index (χ2n) is 7.77. The fourth-order valence-corrected chi connectivity index (χ4v) is 4.46. The molecule has 158 valence electrons. The smallest absolute Gasteiger partial charge is 0.341 e. The summed E-state index contributed by atoms with van der Waals surface area (Å²) in [6.07, 6.45) is 5.87. The van der Waals surface area contributed by atoms with E-state index in [1.165, 1.54) is 47.8 Å². The Hall–Kier alpha value is -3.39. The standard InChI is InChI=1S/C23H20FN3O4/c24-15-7-4-12-27-19(15)17(23(30)31-13-5-11-26-9-1-2-10-26)16-20(27)22(29)18-14(21(16)28)6-3-8-25-18/h3-4,6-8,12H,1-2,5,9-11,13H2. The van der Waals surface area contributed by atoms with Gasteiger partial charge < -0.3 is 14.0 Å². The molecule has 2 aliphatic rings. The van der Waals surface area contributed by atoms with E-state index in [9.17, 15) is 18.8 Å². The largest absolute Gasteiger partial charge is 0.462 e. The number of hydrogen-bond acceptors (Lipinski definition) is 6. The van der Waals surface area contributed by atoms with Gasteiger partial charge >= 0.3 is 5.97 Å². The van der Waals surface area contributed by atoms with Crippen molar-refractivity contribution in [3.63, 3.8) is 0 Å². The van der Waals surface area contributed by atoms with Crippen molar-refractivity contribution in [1.82, 2.24) is 14.3 Å². The highest BCUT2D eigenvalue weighted by atomic mass is 19.1. The topological polar surface area (TPSA) is 81.0 Å². The number of hydrogen-bond donors (Lipinski definition) is 0. The minimum atomic E-state index is -0.807. The SMILES string of the molecule is O=C1c2cccnc2C(=O)c2c1c(C(=O)OCCCN1CCCC1)c1c(F)cccn21. The Morgan fingerprint density at radius 1 is 1.13 bits per heavy atom. The second kappa shape index (κ2) is 7.70. The van der Waals surface area contributed by atoms with Crippen molar-refractivity contribution >= 4 is 23.1 Å². The molecule has 3 aromatic heterocycles. The summed E-state index contributed by atoms with van der Waals surface area (Å²) in [5.74, 6) is -2.58. The third kappa shape index (κ3) is 3.14. The molecule has 1 aliphatic carbocycles. The van der Waals surface area contributed by atoms with Crippen LogP contribution in [0.5, 0.6) is 0 Å². The molecule has 0 amide bonds. The van der Waals surface area contributed by atoms with E-state index >= 15 is 0 Å². The zero-order valence-electron chi connectivity index (χ0n) is 16.8. The van der Waals surface area contributed by atoms with Gasteiger partial charge in [-0.05, 0) is 56.6 Å². The van der Waals surface area contributed by atoms with Crippen molar-refractivity contribution in [3.05, 3.63) is 70.6 Å². The minimum absolute atomic E-state index is 0.00538. The van der Waals surface area contributed by atoms with Crippen molar-refractivity contribution in [2.24, 2.45) is 0 Å². The molecule has 0 spiro atoms. The van der Waals surface area contributed by atoms with Gasteiger partial charge in [-0.25, -0.2) is 9.18 Å². The summed E-state index contributed by atoms with van der Waals surface area (Å²) in [6.45, 7) is 3.05. The molecule has 31 heavy (non-hydrogen) atoms. The molecular formula is C23H20FN3O4. The summed E-state index contributed by atoms with van der Waals surface area (Å²) in [7, 11) is 0. The van der Waals surface area contributed by atoms with Gasteiger partial charge in [0.2, 0.25) is 5.78 Å². The van der Waals surface area contributed by atoms with Gasteiger partial charge in [0, 0.05) is 18.9 Å². The third-order valence-electron chi connectivity index (χ3n) is 5.87. The number of rotatable bonds is 5. The Balaban J connectivity index is 1.53. The van der Waals surface area contributed by atoms with E-state index < -0.39 is 23.4 Å². The summed E-state index contributed by atoms with van der Waals surface area (Å²) in [5.41, 5.74) is -0.433. The second-order valence-corrected chi connectivity index (χ2v) is 7.77. The number of fused-ring (bicyclic) bond motifs is 4. The van der Waals surface area contributed by atoms with Crippen molar-refractivity contribution in [2.45, 2.75) is 19.3 Å². The normalized spacial score (nSPS) is 15.9. The molecule has 0 radical (unpaired) electrons. The van der Waals surface area contributed by atoms with Gasteiger partial charge in [-0.1, -0.05) is 0 Å². The maximum absolute atomic E-state index is 14.8. The molecule has 1 fully saturated rings. The zero-order valence-corrected chi connectivity index (χ0v) is 16.8. The van der Waals surface area contributed by atoms with Crippen molar-refractivity contribution in [3.8, 4) is 0 Å². The number of halogens is 1. The number of ketones is 2. The molecule has 1 aliphatic heterocycles. The third-order valence-corrected chi connectivity index (χ3v) is 5.87. The molecule has 8 heteroatoms. The van der Waals surface area contributed by atoms with Crippen molar-refractivity contribution < 1.29 is 23.5 Å². The van der Waals surface area contributed by atoms with Gasteiger partial charge in [-0.2, -0.15) is 0 Å². The highest BCUT2D eigenvalue weighted by molar-refractivity contribution is 6.31. The van der Waals surface area contributed by atoms with Gasteiger partial charge in [-0.3, -0.25) is 14.6 Å². The highest BCUT2D eigenvalue weighted by Gasteiger charge is 2.40. The van der Waals surface area contributed by atoms with Crippen LogP contribution in [0.2, 0.25) is 0 Å². The first kappa shape index (κ1) is 19.6. The molecule has 7 nitrogen and oxygen atoms in total. The molecule has 0 unspecified atom stereocenters. The van der Waals surface area contributed by atoms with E-state index in [4.69, 9.17) is 4.74 Å². The summed E-state index contributed by atoms with van der Waals surface area (Å²) >= 11 is 0. The number of ether oxygens (including phenoxy) is 1. The first-order valence-corrected chi connectivity index (χ1v) is 10.3. The minimum Gasteiger partial charge on any atom is -0.462 e. The Labute approximate surface area is 177 Å². The number of carbonyl (C=O) groups is 3. The van der Waals surface area contributed by atoms with Crippen LogP contribution in [-0.4, -0.2) is 58.1 Å². The molecule has 0 aromatic carbocycles. The van der Waals surface area contributed by atoms with E-state index in [0.29, 0.717) is 6.42 Å². The molecule has 5 rings (SSSR count). The highest BCUT2D eigenvalue weighted by Crippen LogP contribution is 2.34. The summed E-state index contributed by atoms with van der Waals surface area (Å²) in [4.78, 5) is 45.7. The molecule has 0 saturated carbocycles. The number of carbonyl (C=O) groups excluding carboxylic acids is 3. The van der Waals surface area contributed by atoms with E-state index in [2.05, 4.69) is 9.88 Å². The molecule has 1 saturated heterocycles. The van der Waals surface area contributed by atoms with Crippen LogP contribution in [-0.2, 0) is 4.74 Å². The van der Waals surface area contributed by atoms with Crippen LogP contribution in [0.25, 0.3) is 5.52 Å². The van der Waals surface area contributed by atoms with Gasteiger partial charge in [0.15, 0.2) is 5.78 Å². The summed E-state index contributed by atoms with van der Waals surface area (Å²) in [5, 5.41) is 0. The van der Waals surface area contributed by atoms with Crippen LogP contribution in [0.1, 0.15) is 61.7 Å². The van der Waals surface area contributed by atoms with Crippen LogP contribution in [0, 0.1) is 5.82 Å². The Bertz CT molecular complexity index is 1230. The fraction of sp³-hybridized carbons (Fsp3) is 0.304. The number of esters is 1. The van der Waals surface area contributed by atoms with E-state index in [1.807, 2.05) is 0 Å². The van der Waals surface area contributed by atoms with Gasteiger partial charge in [0.1, 0.15) is 22.8 Å². The first-order valence-electron chi connectivity index (χ1n) is 10.3. The number of likely N-dealkylation sites (tertiary alicyclic amines) is 1. The average Bonchev–Trinajstić information content (AvgIpc) is 3.42. The lowest BCUT2D eigenvalue weighted by atomic mass is 9.89. The van der Waals surface area contributed by atoms with Gasteiger partial charge in [-0.15, -0.1) is 0 Å². The maximum atomic E-state index is 14.8. The molecule has 0 bridgehead atoms. The molecular weight excluding hydrogens is 401 g/mol. The van der Waals surface area contributed by atoms with Crippen LogP contribution < -0.4 is 0 Å². The molecule has 3 aromatic rings. The summed E-state index contributed by atoms with van der Waals surface area (Å²) in [6, 6.07) is 5.63. The van der Waals surface area contributed by atoms with Crippen LogP contribution >= 0.6 is 0 Å². The Morgan fingerprint density at radius 2 is 1.94 bits per heavy atom. The Kier molecular flexibility index (Phi) is 4.86. The van der Waals surface area contributed by atoms with Gasteiger partial charge in [0.05, 0.1) is 23.3 Å². The first-order chi connectivity index (χ1) is 15.1. The number of pyridine rings is 2. The van der Waals surface area contributed by atoms with E-state index in [0.717, 1.165) is 19.6 Å². The van der Waals surface area contributed by atoms with E-state index in [1.54, 1.807) is 6.07 Å². The average molecular weight is 421 g/mol. The zero-order chi connectivity index (χ0) is 21.5. The molecule has 4 heterocycles. The predicted molar refractivity (Wildman–Crippen MR) is 109 cm³/mol. The summed E-state index contributed by atoms with van der Waals surface area (Å²) < 4.78 is 21.5.